The van der Waals surface area contributed by atoms with Gasteiger partial charge in [0, 0.05) is 37.1 Å². The number of likely N-dealkylation sites (tertiary alicyclic amines) is 1. The monoisotopic (exact) mass is 296 g/mol. The Morgan fingerprint density at radius 1 is 1.23 bits per heavy atom. The van der Waals surface area contributed by atoms with Crippen LogP contribution in [0.5, 0.6) is 0 Å². The molecule has 3 rings (SSSR count). The number of nitrogens with zero attached hydrogens (tertiary/aromatic N) is 4. The van der Waals surface area contributed by atoms with Crippen LogP contribution in [0.15, 0.2) is 48.8 Å². The molecule has 0 radical (unpaired) electrons. The normalized spacial score (nSPS) is 17.9. The van der Waals surface area contributed by atoms with Crippen LogP contribution in [0.25, 0.3) is 0 Å². The molecule has 5 heteroatoms. The molecule has 1 aromatic heterocycles. The van der Waals surface area contributed by atoms with Crippen LogP contribution in [0.1, 0.15) is 22.6 Å². The van der Waals surface area contributed by atoms with E-state index in [1.807, 2.05) is 41.3 Å². The molecule has 2 aromatic rings. The Hall–Kier alpha value is -2.27. The van der Waals surface area contributed by atoms with E-state index in [9.17, 15) is 4.79 Å². The number of likely N-dealkylation sites (N-methyl/N-ethyl adjacent to an activating group) is 1. The van der Waals surface area contributed by atoms with Gasteiger partial charge in [0.05, 0.1) is 6.54 Å². The third-order valence-electron chi connectivity index (χ3n) is 4.10. The van der Waals surface area contributed by atoms with Crippen molar-refractivity contribution in [1.29, 1.82) is 0 Å². The molecular formula is C17H20N4O. The minimum atomic E-state index is 0.118. The van der Waals surface area contributed by atoms with Crippen LogP contribution in [0.3, 0.4) is 0 Å². The number of rotatable bonds is 4. The second-order valence-corrected chi connectivity index (χ2v) is 5.64. The zero-order chi connectivity index (χ0) is 15.4. The molecule has 1 amide bonds. The van der Waals surface area contributed by atoms with Gasteiger partial charge < -0.3 is 4.90 Å². The van der Waals surface area contributed by atoms with E-state index in [0.29, 0.717) is 12.6 Å². The van der Waals surface area contributed by atoms with Crippen LogP contribution < -0.4 is 0 Å². The Balaban J connectivity index is 1.59. The molecular weight excluding hydrogens is 276 g/mol. The first-order valence-electron chi connectivity index (χ1n) is 7.54. The first-order chi connectivity index (χ1) is 10.7. The average Bonchev–Trinajstić information content (AvgIpc) is 3.06. The Kier molecular flexibility index (Phi) is 4.44. The van der Waals surface area contributed by atoms with Crippen molar-refractivity contribution in [2.45, 2.75) is 19.0 Å². The number of carbonyl (C=O) groups is 1. The van der Waals surface area contributed by atoms with E-state index in [-0.39, 0.29) is 5.91 Å². The smallest absolute Gasteiger partial charge is 0.253 e. The second-order valence-electron chi connectivity index (χ2n) is 5.64. The highest BCUT2D eigenvalue weighted by Gasteiger charge is 2.29. The molecule has 1 aliphatic rings. The zero-order valence-corrected chi connectivity index (χ0v) is 12.7. The SMILES string of the molecule is CN(Cc1ncccn1)[C@@H]1CCN(C(=O)c2ccccc2)C1. The summed E-state index contributed by atoms with van der Waals surface area (Å²) < 4.78 is 0. The van der Waals surface area contributed by atoms with E-state index in [2.05, 4.69) is 21.9 Å². The quantitative estimate of drug-likeness (QED) is 0.863. The van der Waals surface area contributed by atoms with Crippen molar-refractivity contribution in [3.63, 3.8) is 0 Å². The van der Waals surface area contributed by atoms with Gasteiger partial charge in [-0.3, -0.25) is 9.69 Å². The first-order valence-corrected chi connectivity index (χ1v) is 7.54. The number of amides is 1. The van der Waals surface area contributed by atoms with Gasteiger partial charge >= 0.3 is 0 Å². The third kappa shape index (κ3) is 3.31. The van der Waals surface area contributed by atoms with Crippen molar-refractivity contribution >= 4 is 5.91 Å². The molecule has 0 bridgehead atoms. The Morgan fingerprint density at radius 3 is 2.68 bits per heavy atom. The molecule has 0 N–H and O–H groups in total. The van der Waals surface area contributed by atoms with Crippen molar-refractivity contribution in [2.75, 3.05) is 20.1 Å². The number of hydrogen-bond acceptors (Lipinski definition) is 4. The molecule has 5 nitrogen and oxygen atoms in total. The van der Waals surface area contributed by atoms with Gasteiger partial charge in [-0.25, -0.2) is 9.97 Å². The van der Waals surface area contributed by atoms with Crippen LogP contribution in [0, 0.1) is 0 Å². The molecule has 1 atom stereocenters. The van der Waals surface area contributed by atoms with E-state index < -0.39 is 0 Å². The maximum Gasteiger partial charge on any atom is 0.253 e. The van der Waals surface area contributed by atoms with Gasteiger partial charge in [0.1, 0.15) is 5.82 Å². The van der Waals surface area contributed by atoms with Gasteiger partial charge in [0.15, 0.2) is 0 Å². The van der Waals surface area contributed by atoms with Gasteiger partial charge in [-0.05, 0) is 31.7 Å². The maximum atomic E-state index is 12.5. The molecule has 1 saturated heterocycles. The molecule has 22 heavy (non-hydrogen) atoms. The highest BCUT2D eigenvalue weighted by molar-refractivity contribution is 5.94. The van der Waals surface area contributed by atoms with Gasteiger partial charge in [0.25, 0.3) is 5.91 Å². The molecule has 0 spiro atoms. The van der Waals surface area contributed by atoms with Gasteiger partial charge in [0.2, 0.25) is 0 Å². The summed E-state index contributed by atoms with van der Waals surface area (Å²) in [5, 5.41) is 0. The van der Waals surface area contributed by atoms with E-state index in [4.69, 9.17) is 0 Å². The lowest BCUT2D eigenvalue weighted by Crippen LogP contribution is -2.36. The number of aromatic nitrogens is 2. The summed E-state index contributed by atoms with van der Waals surface area (Å²) >= 11 is 0. The first kappa shape index (κ1) is 14.7. The number of hydrogen-bond donors (Lipinski definition) is 0. The zero-order valence-electron chi connectivity index (χ0n) is 12.7. The van der Waals surface area contributed by atoms with Gasteiger partial charge in [-0.15, -0.1) is 0 Å². The second kappa shape index (κ2) is 6.66. The standard InChI is InChI=1S/C17H20N4O/c1-20(13-16-18-9-5-10-19-16)15-8-11-21(12-15)17(22)14-6-3-2-4-7-14/h2-7,9-10,15H,8,11-13H2,1H3/t15-/m1/s1. The fraction of sp³-hybridized carbons (Fsp3) is 0.353. The summed E-state index contributed by atoms with van der Waals surface area (Å²) in [5.41, 5.74) is 0.761. The molecule has 2 heterocycles. The van der Waals surface area contributed by atoms with Crippen LogP contribution in [-0.4, -0.2) is 51.9 Å². The van der Waals surface area contributed by atoms with Gasteiger partial charge in [-0.1, -0.05) is 18.2 Å². The van der Waals surface area contributed by atoms with Crippen LogP contribution in [0.2, 0.25) is 0 Å². The summed E-state index contributed by atoms with van der Waals surface area (Å²) in [5.74, 6) is 0.935. The predicted molar refractivity (Wildman–Crippen MR) is 84.2 cm³/mol. The number of carbonyl (C=O) groups excluding carboxylic acids is 1. The van der Waals surface area contributed by atoms with E-state index >= 15 is 0 Å². The Labute approximate surface area is 130 Å². The highest BCUT2D eigenvalue weighted by Crippen LogP contribution is 2.18. The topological polar surface area (TPSA) is 49.3 Å². The summed E-state index contributed by atoms with van der Waals surface area (Å²) in [6.45, 7) is 2.27. The van der Waals surface area contributed by atoms with Crippen LogP contribution in [-0.2, 0) is 6.54 Å². The van der Waals surface area contributed by atoms with Crippen molar-refractivity contribution in [2.24, 2.45) is 0 Å². The van der Waals surface area contributed by atoms with Crippen molar-refractivity contribution in [3.8, 4) is 0 Å². The molecule has 1 aromatic carbocycles. The average molecular weight is 296 g/mol. The summed E-state index contributed by atoms with van der Waals surface area (Å²) in [4.78, 5) is 25.1. The highest BCUT2D eigenvalue weighted by atomic mass is 16.2. The Morgan fingerprint density at radius 2 is 1.95 bits per heavy atom. The predicted octanol–water partition coefficient (Wildman–Crippen LogP) is 1.82. The molecule has 0 unspecified atom stereocenters. The maximum absolute atomic E-state index is 12.5. The van der Waals surface area contributed by atoms with Crippen LogP contribution >= 0.6 is 0 Å². The number of benzene rings is 1. The van der Waals surface area contributed by atoms with Crippen molar-refractivity contribution < 1.29 is 4.79 Å². The lowest BCUT2D eigenvalue weighted by atomic mass is 10.2. The lowest BCUT2D eigenvalue weighted by Gasteiger charge is -2.24. The fourth-order valence-corrected chi connectivity index (χ4v) is 2.81. The molecule has 0 saturated carbocycles. The van der Waals surface area contributed by atoms with E-state index in [1.54, 1.807) is 12.4 Å². The van der Waals surface area contributed by atoms with Crippen molar-refractivity contribution in [3.05, 3.63) is 60.2 Å². The summed E-state index contributed by atoms with van der Waals surface area (Å²) in [7, 11) is 2.07. The van der Waals surface area contributed by atoms with Crippen molar-refractivity contribution in [1.82, 2.24) is 19.8 Å². The minimum absolute atomic E-state index is 0.118. The molecule has 0 aliphatic carbocycles. The molecule has 1 fully saturated rings. The lowest BCUT2D eigenvalue weighted by molar-refractivity contribution is 0.0779. The van der Waals surface area contributed by atoms with Crippen LogP contribution in [0.4, 0.5) is 0 Å². The fourth-order valence-electron chi connectivity index (χ4n) is 2.81. The largest absolute Gasteiger partial charge is 0.337 e. The molecule has 114 valence electrons. The Bertz CT molecular complexity index is 617. The third-order valence-corrected chi connectivity index (χ3v) is 4.10. The molecule has 1 aliphatic heterocycles. The summed E-state index contributed by atoms with van der Waals surface area (Å²) in [6, 6.07) is 11.7. The van der Waals surface area contributed by atoms with Gasteiger partial charge in [-0.2, -0.15) is 0 Å². The minimum Gasteiger partial charge on any atom is -0.337 e. The summed E-state index contributed by atoms with van der Waals surface area (Å²) in [6.07, 6.45) is 4.51. The van der Waals surface area contributed by atoms with E-state index in [0.717, 1.165) is 30.9 Å². The van der Waals surface area contributed by atoms with E-state index in [1.165, 1.54) is 0 Å².